The fraction of sp³-hybridized carbons (Fsp3) is 0.364. The van der Waals surface area contributed by atoms with Gasteiger partial charge in [-0.1, -0.05) is 11.6 Å². The molecular formula is C11H12ClNO2S. The third-order valence-electron chi connectivity index (χ3n) is 2.56. The minimum Gasteiger partial charge on any atom is -0.337 e. The molecule has 16 heavy (non-hydrogen) atoms. The molecule has 1 fully saturated rings. The maximum atomic E-state index is 12.0. The smallest absolute Gasteiger partial charge is 0.253 e. The zero-order valence-corrected chi connectivity index (χ0v) is 10.3. The largest absolute Gasteiger partial charge is 0.337 e. The molecule has 0 atom stereocenters. The van der Waals surface area contributed by atoms with Crippen molar-refractivity contribution < 1.29 is 9.00 Å². The highest BCUT2D eigenvalue weighted by molar-refractivity contribution is 7.85. The molecule has 1 aliphatic heterocycles. The number of rotatable bonds is 1. The van der Waals surface area contributed by atoms with Crippen molar-refractivity contribution in [3.8, 4) is 0 Å². The van der Waals surface area contributed by atoms with Gasteiger partial charge >= 0.3 is 0 Å². The van der Waals surface area contributed by atoms with Crippen LogP contribution in [0.5, 0.6) is 0 Å². The van der Waals surface area contributed by atoms with Crippen molar-refractivity contribution in [2.45, 2.75) is 0 Å². The molecule has 3 nitrogen and oxygen atoms in total. The second kappa shape index (κ2) is 4.97. The Morgan fingerprint density at radius 2 is 1.75 bits per heavy atom. The molecule has 86 valence electrons. The molecule has 5 heteroatoms. The van der Waals surface area contributed by atoms with E-state index in [-0.39, 0.29) is 5.91 Å². The van der Waals surface area contributed by atoms with Crippen molar-refractivity contribution in [3.05, 3.63) is 34.9 Å². The highest BCUT2D eigenvalue weighted by atomic mass is 35.5. The third-order valence-corrected chi connectivity index (χ3v) is 4.08. The lowest BCUT2D eigenvalue weighted by Crippen LogP contribution is -2.41. The zero-order valence-electron chi connectivity index (χ0n) is 8.69. The summed E-state index contributed by atoms with van der Waals surface area (Å²) in [5.74, 6) is 1.16. The number of benzene rings is 1. The normalized spacial score (nSPS) is 17.4. The second-order valence-corrected chi connectivity index (χ2v) is 5.78. The van der Waals surface area contributed by atoms with Crippen LogP contribution in [-0.2, 0) is 10.8 Å². The Labute approximate surface area is 102 Å². The van der Waals surface area contributed by atoms with Gasteiger partial charge in [0, 0.05) is 46.0 Å². The summed E-state index contributed by atoms with van der Waals surface area (Å²) in [6.07, 6.45) is 0. The number of nitrogens with zero attached hydrogens (tertiary/aromatic N) is 1. The first-order chi connectivity index (χ1) is 7.66. The first-order valence-electron chi connectivity index (χ1n) is 5.06. The van der Waals surface area contributed by atoms with Gasteiger partial charge in [0.2, 0.25) is 0 Å². The number of hydrogen-bond acceptors (Lipinski definition) is 2. The molecule has 2 rings (SSSR count). The van der Waals surface area contributed by atoms with Gasteiger partial charge in [0.1, 0.15) is 0 Å². The van der Waals surface area contributed by atoms with E-state index in [1.165, 1.54) is 0 Å². The van der Waals surface area contributed by atoms with Crippen LogP contribution in [0.4, 0.5) is 0 Å². The molecule has 0 spiro atoms. The predicted octanol–water partition coefficient (Wildman–Crippen LogP) is 1.54. The van der Waals surface area contributed by atoms with Crippen LogP contribution >= 0.6 is 11.6 Å². The standard InChI is InChI=1S/C11H12ClNO2S/c12-10-3-1-9(2-4-10)11(14)13-5-7-16(15)8-6-13/h1-4H,5-8H2. The van der Waals surface area contributed by atoms with Crippen molar-refractivity contribution in [3.63, 3.8) is 0 Å². The van der Waals surface area contributed by atoms with E-state index in [1.807, 2.05) is 0 Å². The minimum absolute atomic E-state index is 0.00614. The molecule has 0 N–H and O–H groups in total. The molecule has 0 aromatic heterocycles. The quantitative estimate of drug-likeness (QED) is 0.766. The van der Waals surface area contributed by atoms with Gasteiger partial charge in [0.05, 0.1) is 0 Å². The Morgan fingerprint density at radius 3 is 2.31 bits per heavy atom. The summed E-state index contributed by atoms with van der Waals surface area (Å²) < 4.78 is 11.2. The summed E-state index contributed by atoms with van der Waals surface area (Å²) in [5, 5.41) is 0.622. The van der Waals surface area contributed by atoms with E-state index in [1.54, 1.807) is 29.2 Å². The number of amides is 1. The van der Waals surface area contributed by atoms with Gasteiger partial charge in [0.25, 0.3) is 5.91 Å². The first-order valence-corrected chi connectivity index (χ1v) is 6.93. The van der Waals surface area contributed by atoms with Crippen molar-refractivity contribution in [1.29, 1.82) is 0 Å². The maximum absolute atomic E-state index is 12.0. The fourth-order valence-corrected chi connectivity index (χ4v) is 2.79. The van der Waals surface area contributed by atoms with Crippen molar-refractivity contribution >= 4 is 28.3 Å². The summed E-state index contributed by atoms with van der Waals surface area (Å²) >= 11 is 5.76. The van der Waals surface area contributed by atoms with E-state index < -0.39 is 10.8 Å². The summed E-state index contributed by atoms with van der Waals surface area (Å²) in [7, 11) is -0.752. The summed E-state index contributed by atoms with van der Waals surface area (Å²) in [5.41, 5.74) is 0.636. The van der Waals surface area contributed by atoms with Crippen LogP contribution in [0.1, 0.15) is 10.4 Å². The Hall–Kier alpha value is -0.870. The van der Waals surface area contributed by atoms with Crippen LogP contribution < -0.4 is 0 Å². The molecule has 1 aromatic carbocycles. The molecule has 0 saturated carbocycles. The summed E-state index contributed by atoms with van der Waals surface area (Å²) in [6, 6.07) is 6.85. The molecule has 0 unspecified atom stereocenters. The van der Waals surface area contributed by atoms with Crippen LogP contribution in [0.2, 0.25) is 5.02 Å². The van der Waals surface area contributed by atoms with Gasteiger partial charge in [-0.15, -0.1) is 0 Å². The van der Waals surface area contributed by atoms with Crippen molar-refractivity contribution in [1.82, 2.24) is 4.90 Å². The molecule has 1 heterocycles. The zero-order chi connectivity index (χ0) is 11.5. The van der Waals surface area contributed by atoms with Gasteiger partial charge in [-0.25, -0.2) is 0 Å². The summed E-state index contributed by atoms with van der Waals surface area (Å²) in [6.45, 7) is 1.15. The molecule has 1 saturated heterocycles. The average molecular weight is 258 g/mol. The number of halogens is 1. The number of hydrogen-bond donors (Lipinski definition) is 0. The highest BCUT2D eigenvalue weighted by Gasteiger charge is 2.20. The SMILES string of the molecule is O=C(c1ccc(Cl)cc1)N1CCS(=O)CC1. The molecular weight excluding hydrogens is 246 g/mol. The van der Waals surface area contributed by atoms with Gasteiger partial charge in [-0.2, -0.15) is 0 Å². The number of carbonyl (C=O) groups excluding carboxylic acids is 1. The van der Waals surface area contributed by atoms with Crippen LogP contribution in [0.15, 0.2) is 24.3 Å². The van der Waals surface area contributed by atoms with Crippen molar-refractivity contribution in [2.75, 3.05) is 24.6 Å². The lowest BCUT2D eigenvalue weighted by atomic mass is 10.2. The second-order valence-electron chi connectivity index (χ2n) is 3.65. The van der Waals surface area contributed by atoms with E-state index in [2.05, 4.69) is 0 Å². The van der Waals surface area contributed by atoms with Crippen LogP contribution in [0, 0.1) is 0 Å². The minimum atomic E-state index is -0.752. The van der Waals surface area contributed by atoms with Gasteiger partial charge in [0.15, 0.2) is 0 Å². The van der Waals surface area contributed by atoms with Crippen molar-refractivity contribution in [2.24, 2.45) is 0 Å². The Bertz CT molecular complexity index is 408. The van der Waals surface area contributed by atoms with E-state index in [4.69, 9.17) is 11.6 Å². The van der Waals surface area contributed by atoms with E-state index in [0.29, 0.717) is 35.2 Å². The highest BCUT2D eigenvalue weighted by Crippen LogP contribution is 2.12. The Morgan fingerprint density at radius 1 is 1.19 bits per heavy atom. The topological polar surface area (TPSA) is 37.4 Å². The van der Waals surface area contributed by atoms with E-state index in [9.17, 15) is 9.00 Å². The first kappa shape index (κ1) is 11.6. The molecule has 1 aromatic rings. The van der Waals surface area contributed by atoms with Gasteiger partial charge in [-0.05, 0) is 24.3 Å². The van der Waals surface area contributed by atoms with Crippen LogP contribution in [0.25, 0.3) is 0 Å². The van der Waals surface area contributed by atoms with E-state index >= 15 is 0 Å². The molecule has 0 radical (unpaired) electrons. The maximum Gasteiger partial charge on any atom is 0.253 e. The molecule has 0 aliphatic carbocycles. The van der Waals surface area contributed by atoms with Crippen LogP contribution in [0.3, 0.4) is 0 Å². The van der Waals surface area contributed by atoms with Crippen LogP contribution in [-0.4, -0.2) is 39.6 Å². The lowest BCUT2D eigenvalue weighted by molar-refractivity contribution is 0.0771. The van der Waals surface area contributed by atoms with E-state index in [0.717, 1.165) is 0 Å². The predicted molar refractivity (Wildman–Crippen MR) is 65.2 cm³/mol. The molecule has 1 aliphatic rings. The fourth-order valence-electron chi connectivity index (χ4n) is 1.62. The number of carbonyl (C=O) groups is 1. The monoisotopic (exact) mass is 257 g/mol. The summed E-state index contributed by atoms with van der Waals surface area (Å²) in [4.78, 5) is 13.7. The Kier molecular flexibility index (Phi) is 3.61. The van der Waals surface area contributed by atoms with Gasteiger partial charge in [-0.3, -0.25) is 9.00 Å². The Balaban J connectivity index is 2.07. The lowest BCUT2D eigenvalue weighted by Gasteiger charge is -2.26. The molecule has 0 bridgehead atoms. The van der Waals surface area contributed by atoms with Gasteiger partial charge < -0.3 is 4.90 Å². The third kappa shape index (κ3) is 2.62. The molecule has 1 amide bonds. The average Bonchev–Trinajstić information content (AvgIpc) is 2.30.